The molecule has 56 valence electrons. The lowest BCUT2D eigenvalue weighted by Crippen LogP contribution is -2.23. The highest BCUT2D eigenvalue weighted by molar-refractivity contribution is 5.70. The van der Waals surface area contributed by atoms with Crippen LogP contribution in [0.15, 0.2) is 12.2 Å². The van der Waals surface area contributed by atoms with Gasteiger partial charge < -0.3 is 9.84 Å². The Labute approximate surface area is 59.3 Å². The van der Waals surface area contributed by atoms with E-state index in [0.29, 0.717) is 6.61 Å². The van der Waals surface area contributed by atoms with Crippen LogP contribution in [0.3, 0.4) is 0 Å². The van der Waals surface area contributed by atoms with Gasteiger partial charge in [0.1, 0.15) is 0 Å². The summed E-state index contributed by atoms with van der Waals surface area (Å²) < 4.78 is 5.08. The van der Waals surface area contributed by atoms with Gasteiger partial charge in [0.15, 0.2) is 0 Å². The molecule has 0 aromatic carbocycles. The molecule has 1 rings (SSSR count). The summed E-state index contributed by atoms with van der Waals surface area (Å²) in [4.78, 5) is 10.4. The lowest BCUT2D eigenvalue weighted by atomic mass is 10.1. The smallest absolute Gasteiger partial charge is 0.309 e. The molecule has 1 aliphatic rings. The van der Waals surface area contributed by atoms with Crippen molar-refractivity contribution in [3.63, 3.8) is 0 Å². The van der Waals surface area contributed by atoms with Gasteiger partial charge in [0.25, 0.3) is 0 Å². The van der Waals surface area contributed by atoms with Crippen LogP contribution in [0.2, 0.25) is 0 Å². The monoisotopic (exact) mass is 142 g/mol. The minimum atomic E-state index is -0.809. The highest BCUT2D eigenvalue weighted by Crippen LogP contribution is 2.13. The summed E-state index contributed by atoms with van der Waals surface area (Å²) in [6.45, 7) is 2.19. The van der Waals surface area contributed by atoms with Crippen LogP contribution < -0.4 is 0 Å². The second kappa shape index (κ2) is 2.84. The van der Waals surface area contributed by atoms with Crippen LogP contribution in [0.4, 0.5) is 0 Å². The number of hydrogen-bond acceptors (Lipinski definition) is 2. The van der Waals surface area contributed by atoms with Crippen LogP contribution in [0, 0.1) is 5.92 Å². The van der Waals surface area contributed by atoms with Crippen LogP contribution in [0.1, 0.15) is 6.92 Å². The van der Waals surface area contributed by atoms with Gasteiger partial charge in [-0.05, 0) is 6.92 Å². The Hall–Kier alpha value is -0.830. The van der Waals surface area contributed by atoms with E-state index >= 15 is 0 Å². The Morgan fingerprint density at radius 1 is 1.90 bits per heavy atom. The quantitative estimate of drug-likeness (QED) is 0.576. The third kappa shape index (κ3) is 1.36. The number of aliphatic carboxylic acids is 1. The molecule has 2 atom stereocenters. The van der Waals surface area contributed by atoms with Gasteiger partial charge in [-0.1, -0.05) is 12.2 Å². The summed E-state index contributed by atoms with van der Waals surface area (Å²) in [5.74, 6) is -1.24. The molecule has 3 heteroatoms. The number of rotatable bonds is 2. The lowest BCUT2D eigenvalue weighted by molar-refractivity contribution is -0.144. The predicted octanol–water partition coefficient (Wildman–Crippen LogP) is 0.662. The molecule has 0 aromatic rings. The van der Waals surface area contributed by atoms with Crippen molar-refractivity contribution in [3.05, 3.63) is 12.2 Å². The molecule has 0 aromatic heterocycles. The van der Waals surface area contributed by atoms with Gasteiger partial charge in [-0.15, -0.1) is 0 Å². The third-order valence-electron chi connectivity index (χ3n) is 1.59. The molecule has 0 unspecified atom stereocenters. The molecule has 0 aliphatic carbocycles. The molecule has 0 saturated carbocycles. The van der Waals surface area contributed by atoms with Crippen LogP contribution >= 0.6 is 0 Å². The molecule has 3 nitrogen and oxygen atoms in total. The van der Waals surface area contributed by atoms with E-state index < -0.39 is 11.9 Å². The zero-order chi connectivity index (χ0) is 7.56. The molecule has 10 heavy (non-hydrogen) atoms. The SMILES string of the molecule is C[C@H](C(=O)O)[C@@H]1C=CCO1. The first-order chi connectivity index (χ1) is 4.72. The van der Waals surface area contributed by atoms with Gasteiger partial charge in [-0.3, -0.25) is 4.79 Å². The molecule has 1 heterocycles. The minimum absolute atomic E-state index is 0.225. The predicted molar refractivity (Wildman–Crippen MR) is 35.7 cm³/mol. The van der Waals surface area contributed by atoms with Crippen molar-refractivity contribution >= 4 is 5.97 Å². The summed E-state index contributed by atoms with van der Waals surface area (Å²) in [6.07, 6.45) is 3.40. The molecule has 0 radical (unpaired) electrons. The number of carbonyl (C=O) groups is 1. The van der Waals surface area contributed by atoms with E-state index in [0.717, 1.165) is 0 Å². The molecule has 0 saturated heterocycles. The van der Waals surface area contributed by atoms with E-state index in [-0.39, 0.29) is 6.10 Å². The zero-order valence-electron chi connectivity index (χ0n) is 5.78. The second-order valence-electron chi connectivity index (χ2n) is 2.35. The standard InChI is InChI=1S/C7H10O3/c1-5(7(8)9)6-3-2-4-10-6/h2-3,5-6H,4H2,1H3,(H,8,9)/t5-,6-/m0/s1. The Kier molecular flexibility index (Phi) is 2.06. The van der Waals surface area contributed by atoms with Crippen molar-refractivity contribution in [2.75, 3.05) is 6.61 Å². The Balaban J connectivity index is 2.48. The van der Waals surface area contributed by atoms with Crippen molar-refractivity contribution in [1.29, 1.82) is 0 Å². The van der Waals surface area contributed by atoms with Gasteiger partial charge in [-0.2, -0.15) is 0 Å². The van der Waals surface area contributed by atoms with Crippen molar-refractivity contribution < 1.29 is 14.6 Å². The lowest BCUT2D eigenvalue weighted by Gasteiger charge is -2.11. The average Bonchev–Trinajstić information content (AvgIpc) is 2.36. The Morgan fingerprint density at radius 3 is 3.00 bits per heavy atom. The van der Waals surface area contributed by atoms with Gasteiger partial charge in [0.2, 0.25) is 0 Å². The molecule has 0 bridgehead atoms. The molecule has 0 spiro atoms. The van der Waals surface area contributed by atoms with Crippen LogP contribution in [-0.2, 0) is 9.53 Å². The molecular formula is C7H10O3. The summed E-state index contributed by atoms with van der Waals surface area (Å²) in [5.41, 5.74) is 0. The zero-order valence-corrected chi connectivity index (χ0v) is 5.78. The van der Waals surface area contributed by atoms with Crippen molar-refractivity contribution in [2.45, 2.75) is 13.0 Å². The highest BCUT2D eigenvalue weighted by Gasteiger charge is 2.23. The van der Waals surface area contributed by atoms with Crippen molar-refractivity contribution in [3.8, 4) is 0 Å². The molecular weight excluding hydrogens is 132 g/mol. The number of ether oxygens (including phenoxy) is 1. The Bertz CT molecular complexity index is 162. The minimum Gasteiger partial charge on any atom is -0.481 e. The first-order valence-electron chi connectivity index (χ1n) is 3.23. The van der Waals surface area contributed by atoms with Gasteiger partial charge >= 0.3 is 5.97 Å². The second-order valence-corrected chi connectivity index (χ2v) is 2.35. The Morgan fingerprint density at radius 2 is 2.60 bits per heavy atom. The van der Waals surface area contributed by atoms with Gasteiger partial charge in [0, 0.05) is 0 Å². The summed E-state index contributed by atoms with van der Waals surface area (Å²) in [5, 5.41) is 8.53. The number of carboxylic acid groups (broad SMARTS) is 1. The topological polar surface area (TPSA) is 46.5 Å². The number of carboxylic acids is 1. The fourth-order valence-electron chi connectivity index (χ4n) is 0.863. The van der Waals surface area contributed by atoms with Crippen molar-refractivity contribution in [2.24, 2.45) is 5.92 Å². The van der Waals surface area contributed by atoms with Crippen LogP contribution in [0.5, 0.6) is 0 Å². The average molecular weight is 142 g/mol. The van der Waals surface area contributed by atoms with Crippen LogP contribution in [-0.4, -0.2) is 23.8 Å². The fraction of sp³-hybridized carbons (Fsp3) is 0.571. The molecule has 0 fully saturated rings. The summed E-state index contributed by atoms with van der Waals surface area (Å²) in [6, 6.07) is 0. The third-order valence-corrected chi connectivity index (χ3v) is 1.59. The maximum absolute atomic E-state index is 10.4. The van der Waals surface area contributed by atoms with E-state index in [9.17, 15) is 4.79 Å². The van der Waals surface area contributed by atoms with E-state index in [1.165, 1.54) is 0 Å². The normalized spacial score (nSPS) is 26.7. The van der Waals surface area contributed by atoms with E-state index in [1.54, 1.807) is 13.0 Å². The van der Waals surface area contributed by atoms with Gasteiger partial charge in [0.05, 0.1) is 18.6 Å². The first kappa shape index (κ1) is 7.28. The maximum Gasteiger partial charge on any atom is 0.309 e. The van der Waals surface area contributed by atoms with Gasteiger partial charge in [-0.25, -0.2) is 0 Å². The number of hydrogen-bond donors (Lipinski definition) is 1. The molecule has 0 amide bonds. The molecule has 1 N–H and O–H groups in total. The summed E-state index contributed by atoms with van der Waals surface area (Å²) >= 11 is 0. The maximum atomic E-state index is 10.4. The van der Waals surface area contributed by atoms with Crippen molar-refractivity contribution in [1.82, 2.24) is 0 Å². The van der Waals surface area contributed by atoms with E-state index in [4.69, 9.17) is 9.84 Å². The fourth-order valence-corrected chi connectivity index (χ4v) is 0.863. The molecule has 1 aliphatic heterocycles. The van der Waals surface area contributed by atoms with E-state index in [1.807, 2.05) is 6.08 Å². The van der Waals surface area contributed by atoms with E-state index in [2.05, 4.69) is 0 Å². The van der Waals surface area contributed by atoms with Crippen LogP contribution in [0.25, 0.3) is 0 Å². The summed E-state index contributed by atoms with van der Waals surface area (Å²) in [7, 11) is 0. The largest absolute Gasteiger partial charge is 0.481 e. The highest BCUT2D eigenvalue weighted by atomic mass is 16.5. The first-order valence-corrected chi connectivity index (χ1v) is 3.23.